The topological polar surface area (TPSA) is 152 Å². The van der Waals surface area contributed by atoms with E-state index in [0.29, 0.717) is 53.2 Å². The number of anilines is 1. The summed E-state index contributed by atoms with van der Waals surface area (Å²) in [7, 11) is 4.57. The fourth-order valence-corrected chi connectivity index (χ4v) is 5.06. The molecule has 41 heavy (non-hydrogen) atoms. The second-order valence-corrected chi connectivity index (χ2v) is 10.2. The monoisotopic (exact) mass is 569 g/mol. The second kappa shape index (κ2) is 13.4. The fourth-order valence-electron chi connectivity index (χ4n) is 5.06. The van der Waals surface area contributed by atoms with Crippen molar-refractivity contribution < 1.29 is 33.7 Å². The summed E-state index contributed by atoms with van der Waals surface area (Å²) in [6.07, 6.45) is 1.68. The number of amides is 2. The van der Waals surface area contributed by atoms with Gasteiger partial charge in [-0.1, -0.05) is 26.3 Å². The van der Waals surface area contributed by atoms with Crippen LogP contribution in [0.25, 0.3) is 11.1 Å². The lowest BCUT2D eigenvalue weighted by Gasteiger charge is -2.25. The maximum Gasteiger partial charge on any atom is 0.325 e. The lowest BCUT2D eigenvalue weighted by molar-refractivity contribution is -0.141. The molecule has 2 aromatic rings. The highest BCUT2D eigenvalue weighted by atomic mass is 16.5. The molecule has 11 heteroatoms. The minimum atomic E-state index is -1.16. The van der Waals surface area contributed by atoms with Crippen molar-refractivity contribution in [1.82, 2.24) is 10.6 Å². The van der Waals surface area contributed by atoms with Gasteiger partial charge in [0.2, 0.25) is 23.0 Å². The average Bonchev–Trinajstić information content (AvgIpc) is 3.18. The molecule has 0 saturated carbocycles. The number of hydrogen-bond donors (Lipinski definition) is 4. The van der Waals surface area contributed by atoms with Crippen molar-refractivity contribution in [2.45, 2.75) is 65.1 Å². The van der Waals surface area contributed by atoms with E-state index in [2.05, 4.69) is 16.0 Å². The Labute approximate surface area is 239 Å². The van der Waals surface area contributed by atoms with Gasteiger partial charge in [0.05, 0.1) is 33.1 Å². The van der Waals surface area contributed by atoms with E-state index in [9.17, 15) is 24.3 Å². The van der Waals surface area contributed by atoms with Crippen molar-refractivity contribution in [2.75, 3.05) is 26.6 Å². The molecule has 11 nitrogen and oxygen atoms in total. The van der Waals surface area contributed by atoms with Crippen LogP contribution in [0.5, 0.6) is 17.2 Å². The number of carbonyl (C=O) groups is 3. The summed E-state index contributed by atoms with van der Waals surface area (Å²) in [5, 5.41) is 17.8. The Kier molecular flexibility index (Phi) is 10.2. The van der Waals surface area contributed by atoms with Crippen LogP contribution in [-0.4, -0.2) is 56.3 Å². The van der Waals surface area contributed by atoms with E-state index in [1.165, 1.54) is 41.2 Å². The number of aliphatic carboxylic acids is 1. The Balaban J connectivity index is 2.24. The van der Waals surface area contributed by atoms with Crippen molar-refractivity contribution in [3.63, 3.8) is 0 Å². The molecule has 0 radical (unpaired) electrons. The molecule has 0 heterocycles. The zero-order chi connectivity index (χ0) is 30.4. The lowest BCUT2D eigenvalue weighted by Crippen LogP contribution is -2.49. The van der Waals surface area contributed by atoms with Crippen LogP contribution in [0.15, 0.2) is 29.1 Å². The molecule has 0 aliphatic heterocycles. The van der Waals surface area contributed by atoms with Crippen molar-refractivity contribution in [1.29, 1.82) is 0 Å². The minimum absolute atomic E-state index is 0.157. The first-order valence-electron chi connectivity index (χ1n) is 13.5. The van der Waals surface area contributed by atoms with E-state index in [-0.39, 0.29) is 17.5 Å². The number of fused-ring (bicyclic) bond motifs is 3. The summed E-state index contributed by atoms with van der Waals surface area (Å²) in [5.41, 5.74) is 2.61. The number of methoxy groups -OCH3 is 3. The summed E-state index contributed by atoms with van der Waals surface area (Å²) in [6.45, 7) is 6.55. The molecule has 1 aliphatic carbocycles. The van der Waals surface area contributed by atoms with E-state index >= 15 is 0 Å². The van der Waals surface area contributed by atoms with Crippen LogP contribution < -0.4 is 35.6 Å². The quantitative estimate of drug-likeness (QED) is 0.319. The van der Waals surface area contributed by atoms with Crippen LogP contribution in [0.1, 0.15) is 57.7 Å². The van der Waals surface area contributed by atoms with Crippen molar-refractivity contribution >= 4 is 23.5 Å². The number of nitrogens with one attached hydrogen (secondary N) is 3. The number of carboxylic acid groups (broad SMARTS) is 1. The molecule has 1 aliphatic rings. The van der Waals surface area contributed by atoms with Gasteiger partial charge in [-0.3, -0.25) is 19.2 Å². The summed E-state index contributed by atoms with van der Waals surface area (Å²) in [6, 6.07) is 4.25. The number of benzene rings is 1. The predicted molar refractivity (Wildman–Crippen MR) is 155 cm³/mol. The molecule has 0 aromatic heterocycles. The van der Waals surface area contributed by atoms with E-state index in [0.717, 1.165) is 5.56 Å². The SMILES string of the molecule is CC[C@H](C)[C@H](Nc1ccc2c(cc1=O)[C@@H](NC(C)=O)CCc1cc(OC)c(OC)c(OC)c1-2)C(=O)N[C@@H](C)C(=O)O. The zero-order valence-electron chi connectivity index (χ0n) is 24.5. The molecule has 3 rings (SSSR count). The van der Waals surface area contributed by atoms with Gasteiger partial charge in [0.1, 0.15) is 12.1 Å². The predicted octanol–water partition coefficient (Wildman–Crippen LogP) is 3.28. The number of rotatable bonds is 11. The third-order valence-electron chi connectivity index (χ3n) is 7.45. The van der Waals surface area contributed by atoms with Crippen LogP contribution >= 0.6 is 0 Å². The largest absolute Gasteiger partial charge is 0.493 e. The first-order valence-corrected chi connectivity index (χ1v) is 13.5. The average molecular weight is 570 g/mol. The highest BCUT2D eigenvalue weighted by molar-refractivity contribution is 5.89. The molecule has 0 fully saturated rings. The molecule has 2 aromatic carbocycles. The van der Waals surface area contributed by atoms with Gasteiger partial charge in [-0.2, -0.15) is 0 Å². The number of hydrogen-bond acceptors (Lipinski definition) is 8. The minimum Gasteiger partial charge on any atom is -0.493 e. The molecule has 0 unspecified atom stereocenters. The van der Waals surface area contributed by atoms with E-state index < -0.39 is 35.4 Å². The maximum absolute atomic E-state index is 13.6. The van der Waals surface area contributed by atoms with Gasteiger partial charge in [-0.05, 0) is 60.6 Å². The highest BCUT2D eigenvalue weighted by Crippen LogP contribution is 2.50. The van der Waals surface area contributed by atoms with Gasteiger partial charge in [-0.25, -0.2) is 0 Å². The fraction of sp³-hybridized carbons (Fsp3) is 0.467. The van der Waals surface area contributed by atoms with Gasteiger partial charge in [0, 0.05) is 12.5 Å². The maximum atomic E-state index is 13.6. The van der Waals surface area contributed by atoms with Crippen LogP contribution in [0, 0.1) is 5.92 Å². The first-order chi connectivity index (χ1) is 19.5. The molecule has 0 spiro atoms. The summed E-state index contributed by atoms with van der Waals surface area (Å²) < 4.78 is 17.0. The molecule has 2 amide bonds. The Morgan fingerprint density at radius 3 is 2.29 bits per heavy atom. The zero-order valence-corrected chi connectivity index (χ0v) is 24.5. The Morgan fingerprint density at radius 1 is 1.05 bits per heavy atom. The number of carbonyl (C=O) groups excluding carboxylic acids is 2. The van der Waals surface area contributed by atoms with E-state index in [1.54, 1.807) is 12.1 Å². The first kappa shape index (κ1) is 31.3. The van der Waals surface area contributed by atoms with Crippen LogP contribution in [0.2, 0.25) is 0 Å². The molecular weight excluding hydrogens is 530 g/mol. The van der Waals surface area contributed by atoms with Gasteiger partial charge in [0.25, 0.3) is 0 Å². The summed E-state index contributed by atoms with van der Waals surface area (Å²) in [4.78, 5) is 50.2. The molecule has 0 saturated heterocycles. The number of aryl methyl sites for hydroxylation is 1. The van der Waals surface area contributed by atoms with Crippen LogP contribution in [-0.2, 0) is 20.8 Å². The Morgan fingerprint density at radius 2 is 1.73 bits per heavy atom. The van der Waals surface area contributed by atoms with Crippen LogP contribution in [0.3, 0.4) is 0 Å². The molecule has 4 atom stereocenters. The van der Waals surface area contributed by atoms with Crippen molar-refractivity contribution in [3.05, 3.63) is 45.6 Å². The lowest BCUT2D eigenvalue weighted by atomic mass is 9.95. The highest BCUT2D eigenvalue weighted by Gasteiger charge is 2.31. The van der Waals surface area contributed by atoms with Gasteiger partial charge >= 0.3 is 5.97 Å². The Bertz CT molecular complexity index is 1380. The van der Waals surface area contributed by atoms with Gasteiger partial charge in [0.15, 0.2) is 11.5 Å². The molecule has 222 valence electrons. The van der Waals surface area contributed by atoms with Gasteiger partial charge in [-0.15, -0.1) is 0 Å². The third-order valence-corrected chi connectivity index (χ3v) is 7.45. The standard InChI is InChI=1S/C30H39N3O8/c1-8-15(2)26(29(36)31-16(3)30(37)38)33-22-12-10-19-20(14-23(22)35)21(32-17(4)34)11-9-18-13-24(39-5)27(40-6)28(41-7)25(18)19/h10,12-16,21,26H,8-9,11H2,1-7H3,(H,31,36)(H,32,34)(H,33,35)(H,37,38)/t15-,16-,21-,26-/m0/s1. The molecule has 0 bridgehead atoms. The number of ether oxygens (including phenoxy) is 3. The van der Waals surface area contributed by atoms with E-state index in [1.807, 2.05) is 19.9 Å². The normalized spacial score (nSPS) is 16.0. The molecular formula is C30H39N3O8. The van der Waals surface area contributed by atoms with Gasteiger partial charge < -0.3 is 35.3 Å². The number of carboxylic acids is 1. The van der Waals surface area contributed by atoms with Crippen molar-refractivity contribution in [3.8, 4) is 28.4 Å². The smallest absolute Gasteiger partial charge is 0.325 e. The van der Waals surface area contributed by atoms with Crippen molar-refractivity contribution in [2.24, 2.45) is 5.92 Å². The summed E-state index contributed by atoms with van der Waals surface area (Å²) >= 11 is 0. The second-order valence-electron chi connectivity index (χ2n) is 10.2. The molecule has 4 N–H and O–H groups in total. The van der Waals surface area contributed by atoms with Crippen LogP contribution in [0.4, 0.5) is 5.69 Å². The Hall–Kier alpha value is -4.28. The van der Waals surface area contributed by atoms with E-state index in [4.69, 9.17) is 14.2 Å². The summed E-state index contributed by atoms with van der Waals surface area (Å²) in [5.74, 6) is -0.834. The third kappa shape index (κ3) is 6.72.